The molecular formula is C11H10ClFN4S. The SMILES string of the molecule is CCc1n[nH]c(=S)n1N=Cc1c(F)cccc1Cl. The van der Waals surface area contributed by atoms with Crippen LogP contribution in [0, 0.1) is 10.6 Å². The summed E-state index contributed by atoms with van der Waals surface area (Å²) in [6, 6.07) is 4.46. The lowest BCUT2D eigenvalue weighted by molar-refractivity contribution is 0.625. The van der Waals surface area contributed by atoms with Crippen molar-refractivity contribution in [3.8, 4) is 0 Å². The number of H-pyrrole nitrogens is 1. The van der Waals surface area contributed by atoms with Crippen LogP contribution in [-0.4, -0.2) is 21.1 Å². The van der Waals surface area contributed by atoms with Crippen molar-refractivity contribution in [2.24, 2.45) is 5.10 Å². The van der Waals surface area contributed by atoms with Crippen LogP contribution >= 0.6 is 23.8 Å². The highest BCUT2D eigenvalue weighted by atomic mass is 35.5. The standard InChI is InChI=1S/C11H10ClFN4S/c1-2-10-15-16-11(18)17(10)14-6-7-8(12)4-3-5-9(7)13/h3-6H,2H2,1H3,(H,16,18). The van der Waals surface area contributed by atoms with E-state index in [2.05, 4.69) is 15.3 Å². The zero-order valence-corrected chi connectivity index (χ0v) is 11.1. The molecule has 1 aromatic heterocycles. The van der Waals surface area contributed by atoms with Crippen LogP contribution in [-0.2, 0) is 6.42 Å². The molecule has 0 atom stereocenters. The van der Waals surface area contributed by atoms with Crippen molar-refractivity contribution in [3.63, 3.8) is 0 Å². The Morgan fingerprint density at radius 2 is 2.39 bits per heavy atom. The summed E-state index contributed by atoms with van der Waals surface area (Å²) in [5.41, 5.74) is 0.226. The summed E-state index contributed by atoms with van der Waals surface area (Å²) >= 11 is 10.9. The summed E-state index contributed by atoms with van der Waals surface area (Å²) in [4.78, 5) is 0. The largest absolute Gasteiger partial charge is 0.250 e. The van der Waals surface area contributed by atoms with Crippen LogP contribution in [0.25, 0.3) is 0 Å². The van der Waals surface area contributed by atoms with E-state index in [4.69, 9.17) is 23.8 Å². The van der Waals surface area contributed by atoms with Gasteiger partial charge in [0.2, 0.25) is 4.77 Å². The number of aryl methyl sites for hydroxylation is 1. The van der Waals surface area contributed by atoms with E-state index in [1.54, 1.807) is 6.07 Å². The number of nitrogens with one attached hydrogen (secondary N) is 1. The number of hydrogen-bond donors (Lipinski definition) is 1. The molecule has 0 amide bonds. The van der Waals surface area contributed by atoms with Crippen LogP contribution in [0.15, 0.2) is 23.3 Å². The van der Waals surface area contributed by atoms with Gasteiger partial charge in [0, 0.05) is 12.0 Å². The molecular weight excluding hydrogens is 275 g/mol. The third-order valence-electron chi connectivity index (χ3n) is 2.34. The number of halogens is 2. The highest BCUT2D eigenvalue weighted by Gasteiger charge is 2.05. The Balaban J connectivity index is 2.42. The van der Waals surface area contributed by atoms with Gasteiger partial charge in [0.05, 0.1) is 11.2 Å². The van der Waals surface area contributed by atoms with E-state index in [0.29, 0.717) is 22.0 Å². The van der Waals surface area contributed by atoms with Gasteiger partial charge in [0.1, 0.15) is 5.82 Å². The van der Waals surface area contributed by atoms with Crippen molar-refractivity contribution in [3.05, 3.63) is 45.2 Å². The summed E-state index contributed by atoms with van der Waals surface area (Å²) in [5.74, 6) is 0.239. The summed E-state index contributed by atoms with van der Waals surface area (Å²) < 4.78 is 15.3. The quantitative estimate of drug-likeness (QED) is 0.695. The van der Waals surface area contributed by atoms with E-state index in [9.17, 15) is 4.39 Å². The average molecular weight is 285 g/mol. The first-order chi connectivity index (χ1) is 8.63. The first-order valence-corrected chi connectivity index (χ1v) is 6.06. The summed E-state index contributed by atoms with van der Waals surface area (Å²) in [6.45, 7) is 1.92. The molecule has 0 aliphatic rings. The van der Waals surface area contributed by atoms with Gasteiger partial charge in [-0.25, -0.2) is 4.39 Å². The van der Waals surface area contributed by atoms with Crippen LogP contribution in [0.4, 0.5) is 4.39 Å². The minimum absolute atomic E-state index is 0.226. The van der Waals surface area contributed by atoms with Gasteiger partial charge in [-0.15, -0.1) is 0 Å². The molecule has 0 fully saturated rings. The third-order valence-corrected chi connectivity index (χ3v) is 2.93. The number of rotatable bonds is 3. The van der Waals surface area contributed by atoms with Gasteiger partial charge in [0.25, 0.3) is 0 Å². The molecule has 1 N–H and O–H groups in total. The maximum atomic E-state index is 13.5. The molecule has 0 radical (unpaired) electrons. The Bertz CT molecular complexity index is 626. The van der Waals surface area contributed by atoms with Crippen molar-refractivity contribution in [1.29, 1.82) is 0 Å². The van der Waals surface area contributed by atoms with Gasteiger partial charge in [0.15, 0.2) is 5.82 Å². The van der Waals surface area contributed by atoms with E-state index in [1.807, 2.05) is 6.92 Å². The zero-order chi connectivity index (χ0) is 13.1. The van der Waals surface area contributed by atoms with Crippen molar-refractivity contribution < 1.29 is 4.39 Å². The second-order valence-electron chi connectivity index (χ2n) is 3.49. The van der Waals surface area contributed by atoms with Crippen molar-refractivity contribution >= 4 is 30.0 Å². The molecule has 2 rings (SSSR count). The maximum Gasteiger partial charge on any atom is 0.216 e. The molecule has 0 aliphatic carbocycles. The van der Waals surface area contributed by atoms with Gasteiger partial charge in [-0.05, 0) is 24.4 Å². The minimum atomic E-state index is -0.431. The number of hydrogen-bond acceptors (Lipinski definition) is 3. The lowest BCUT2D eigenvalue weighted by Crippen LogP contribution is -1.98. The Labute approximate surface area is 113 Å². The molecule has 0 aliphatic heterocycles. The molecule has 94 valence electrons. The lowest BCUT2D eigenvalue weighted by atomic mass is 10.2. The second kappa shape index (κ2) is 5.41. The van der Waals surface area contributed by atoms with Crippen molar-refractivity contribution in [2.45, 2.75) is 13.3 Å². The van der Waals surface area contributed by atoms with E-state index >= 15 is 0 Å². The molecule has 2 aromatic rings. The molecule has 18 heavy (non-hydrogen) atoms. The normalized spacial score (nSPS) is 11.3. The molecule has 4 nitrogen and oxygen atoms in total. The fraction of sp³-hybridized carbons (Fsp3) is 0.182. The number of aromatic amines is 1. The maximum absolute atomic E-state index is 13.5. The number of benzene rings is 1. The van der Waals surface area contributed by atoms with Crippen LogP contribution in [0.2, 0.25) is 5.02 Å². The van der Waals surface area contributed by atoms with E-state index in [0.717, 1.165) is 0 Å². The Kier molecular flexibility index (Phi) is 3.88. The predicted molar refractivity (Wildman–Crippen MR) is 71.2 cm³/mol. The van der Waals surface area contributed by atoms with Crippen LogP contribution in [0.1, 0.15) is 18.3 Å². The molecule has 0 saturated carbocycles. The van der Waals surface area contributed by atoms with Gasteiger partial charge < -0.3 is 0 Å². The molecule has 0 saturated heterocycles. The Hall–Kier alpha value is -1.53. The van der Waals surface area contributed by atoms with Crippen molar-refractivity contribution in [2.75, 3.05) is 0 Å². The molecule has 0 spiro atoms. The van der Waals surface area contributed by atoms with E-state index in [1.165, 1.54) is 23.0 Å². The Morgan fingerprint density at radius 1 is 1.61 bits per heavy atom. The van der Waals surface area contributed by atoms with Gasteiger partial charge >= 0.3 is 0 Å². The molecule has 7 heteroatoms. The second-order valence-corrected chi connectivity index (χ2v) is 4.28. The minimum Gasteiger partial charge on any atom is -0.250 e. The van der Waals surface area contributed by atoms with Crippen LogP contribution in [0.5, 0.6) is 0 Å². The molecule has 0 unspecified atom stereocenters. The first kappa shape index (κ1) is 12.9. The average Bonchev–Trinajstić information content (AvgIpc) is 2.70. The zero-order valence-electron chi connectivity index (χ0n) is 9.52. The van der Waals surface area contributed by atoms with Gasteiger partial charge in [-0.2, -0.15) is 14.9 Å². The molecule has 1 heterocycles. The van der Waals surface area contributed by atoms with Crippen LogP contribution in [0.3, 0.4) is 0 Å². The topological polar surface area (TPSA) is 46.0 Å². The molecule has 1 aromatic carbocycles. The summed E-state index contributed by atoms with van der Waals surface area (Å²) in [6.07, 6.45) is 2.00. The van der Waals surface area contributed by atoms with E-state index < -0.39 is 5.82 Å². The predicted octanol–water partition coefficient (Wildman–Crippen LogP) is 3.18. The van der Waals surface area contributed by atoms with Crippen LogP contribution < -0.4 is 0 Å². The smallest absolute Gasteiger partial charge is 0.216 e. The number of aromatic nitrogens is 3. The lowest BCUT2D eigenvalue weighted by Gasteiger charge is -2.00. The monoisotopic (exact) mass is 284 g/mol. The fourth-order valence-corrected chi connectivity index (χ4v) is 1.83. The molecule has 0 bridgehead atoms. The fourth-order valence-electron chi connectivity index (χ4n) is 1.42. The highest BCUT2D eigenvalue weighted by molar-refractivity contribution is 7.71. The van der Waals surface area contributed by atoms with Gasteiger partial charge in [-0.3, -0.25) is 5.10 Å². The summed E-state index contributed by atoms with van der Waals surface area (Å²) in [5, 5.41) is 11.0. The first-order valence-electron chi connectivity index (χ1n) is 5.28. The number of nitrogens with zero attached hydrogens (tertiary/aromatic N) is 3. The van der Waals surface area contributed by atoms with E-state index in [-0.39, 0.29) is 5.56 Å². The van der Waals surface area contributed by atoms with Gasteiger partial charge in [-0.1, -0.05) is 24.6 Å². The highest BCUT2D eigenvalue weighted by Crippen LogP contribution is 2.16. The Morgan fingerprint density at radius 3 is 3.06 bits per heavy atom. The summed E-state index contributed by atoms with van der Waals surface area (Å²) in [7, 11) is 0. The third kappa shape index (κ3) is 2.49. The van der Waals surface area contributed by atoms with Crippen molar-refractivity contribution in [1.82, 2.24) is 14.9 Å².